The van der Waals surface area contributed by atoms with Crippen molar-refractivity contribution in [2.24, 2.45) is 34.0 Å². The van der Waals surface area contributed by atoms with Crippen molar-refractivity contribution in [3.05, 3.63) is 35.9 Å². The first-order valence-corrected chi connectivity index (χ1v) is 26.2. The molecular formula is C48H78N12O14S. The number of amides is 8. The Hall–Kier alpha value is -6.58. The summed E-state index contributed by atoms with van der Waals surface area (Å²) >= 11 is 1.36. The molecule has 8 amide bonds. The minimum atomic E-state index is -1.89. The molecule has 27 heteroatoms. The summed E-state index contributed by atoms with van der Waals surface area (Å²) in [6.45, 7) is 9.34. The first-order valence-electron chi connectivity index (χ1n) is 24.8. The van der Waals surface area contributed by atoms with Crippen LogP contribution in [0.1, 0.15) is 92.1 Å². The van der Waals surface area contributed by atoms with E-state index < -0.39 is 138 Å². The number of nitrogens with one attached hydrogen (secondary N) is 7. The van der Waals surface area contributed by atoms with E-state index >= 15 is 0 Å². The Balaban J connectivity index is 2.42. The highest BCUT2D eigenvalue weighted by Gasteiger charge is 2.40. The fourth-order valence-corrected chi connectivity index (χ4v) is 8.46. The van der Waals surface area contributed by atoms with Crippen molar-refractivity contribution in [2.75, 3.05) is 25.1 Å². The molecule has 75 heavy (non-hydrogen) atoms. The predicted molar refractivity (Wildman–Crippen MR) is 277 cm³/mol. The third kappa shape index (κ3) is 22.0. The number of aliphatic carboxylic acids is 2. The zero-order chi connectivity index (χ0) is 56.7. The first-order chi connectivity index (χ1) is 35.2. The Bertz CT molecular complexity index is 2150. The number of thioether (sulfide) groups is 1. The Kier molecular flexibility index (Phi) is 27.5. The third-order valence-corrected chi connectivity index (χ3v) is 12.6. The van der Waals surface area contributed by atoms with Crippen LogP contribution in [0.3, 0.4) is 0 Å². The second kappa shape index (κ2) is 32.0. The van der Waals surface area contributed by atoms with Gasteiger partial charge >= 0.3 is 11.9 Å². The lowest BCUT2D eigenvalue weighted by molar-refractivity contribution is -0.143. The fourth-order valence-electron chi connectivity index (χ4n) is 7.99. The normalized spacial score (nSPS) is 17.3. The monoisotopic (exact) mass is 1080 g/mol. The molecule has 1 aliphatic rings. The van der Waals surface area contributed by atoms with Crippen molar-refractivity contribution in [1.29, 1.82) is 0 Å². The first kappa shape index (κ1) is 64.5. The van der Waals surface area contributed by atoms with E-state index in [0.717, 1.165) is 13.8 Å². The average molecular weight is 1080 g/mol. The number of likely N-dealkylation sites (tertiary alicyclic amines) is 1. The van der Waals surface area contributed by atoms with Gasteiger partial charge in [-0.1, -0.05) is 58.0 Å². The number of carbonyl (C=O) groups excluding carboxylic acids is 8. The van der Waals surface area contributed by atoms with Gasteiger partial charge in [0.25, 0.3) is 0 Å². The van der Waals surface area contributed by atoms with Crippen molar-refractivity contribution in [3.8, 4) is 0 Å². The smallest absolute Gasteiger partial charge is 0.326 e. The van der Waals surface area contributed by atoms with Crippen LogP contribution in [0.4, 0.5) is 0 Å². The zero-order valence-corrected chi connectivity index (χ0v) is 44.4. The molecule has 1 aromatic rings. The van der Waals surface area contributed by atoms with E-state index in [1.807, 2.05) is 13.8 Å². The molecule has 0 bridgehead atoms. The number of carbonyl (C=O) groups is 10. The van der Waals surface area contributed by atoms with Crippen molar-refractivity contribution in [3.63, 3.8) is 0 Å². The van der Waals surface area contributed by atoms with Gasteiger partial charge < -0.3 is 79.7 Å². The quantitative estimate of drug-likeness (QED) is 0.0192. The number of aliphatic hydroxyl groups excluding tert-OH is 2. The molecule has 1 saturated heterocycles. The minimum Gasteiger partial charge on any atom is -0.481 e. The van der Waals surface area contributed by atoms with E-state index in [0.29, 0.717) is 24.2 Å². The van der Waals surface area contributed by atoms with Crippen molar-refractivity contribution in [1.82, 2.24) is 42.1 Å². The largest absolute Gasteiger partial charge is 0.481 e. The van der Waals surface area contributed by atoms with E-state index in [1.54, 1.807) is 50.4 Å². The molecular weight excluding hydrogens is 1000 g/mol. The summed E-state index contributed by atoms with van der Waals surface area (Å²) in [6, 6.07) is -4.68. The molecule has 0 unspecified atom stereocenters. The summed E-state index contributed by atoms with van der Waals surface area (Å²) < 4.78 is 0. The Labute approximate surface area is 440 Å². The second-order valence-corrected chi connectivity index (χ2v) is 20.2. The highest BCUT2D eigenvalue weighted by Crippen LogP contribution is 2.21. The zero-order valence-electron chi connectivity index (χ0n) is 43.6. The van der Waals surface area contributed by atoms with Gasteiger partial charge in [-0.2, -0.15) is 11.8 Å². The van der Waals surface area contributed by atoms with Crippen LogP contribution >= 0.6 is 11.8 Å². The lowest BCUT2D eigenvalue weighted by Crippen LogP contribution is -2.63. The van der Waals surface area contributed by atoms with Gasteiger partial charge in [-0.15, -0.1) is 0 Å². The summed E-state index contributed by atoms with van der Waals surface area (Å²) in [5.74, 6) is -10.9. The summed E-state index contributed by atoms with van der Waals surface area (Å²) in [5, 5.41) is 57.8. The molecule has 1 fully saturated rings. The number of nitrogens with zero attached hydrogens (tertiary/aromatic N) is 2. The van der Waals surface area contributed by atoms with Crippen LogP contribution in [0.15, 0.2) is 35.3 Å². The number of hydrogen-bond acceptors (Lipinski definition) is 15. The lowest BCUT2D eigenvalue weighted by Gasteiger charge is -2.30. The molecule has 0 aromatic heterocycles. The molecule has 0 aliphatic carbocycles. The van der Waals surface area contributed by atoms with Gasteiger partial charge in [0.05, 0.1) is 24.7 Å². The van der Waals surface area contributed by atoms with Crippen LogP contribution in [-0.4, -0.2) is 182 Å². The standard InChI is InChI=1S/C48H78N12O14S/c1-24(2)21-29(49)46(72)60-19-12-16-34(60)42(68)56-32(22-28-13-9-8-10-14-28)40(66)55-33(23-35(63)64)41(67)53-30(15-11-18-52-48(50)51)39(65)58-37(26(5)61)45(71)59-38(27(6)62)44(70)57-36(25(3)4)43(69)54-31(47(73)74)17-20-75-7/h8-10,13-14,24-27,29-34,36-38,61-62H,11-12,15-23,49H2,1-7H3,(H,53,67)(H,54,69)(H,55,66)(H,56,68)(H,57,70)(H,58,65)(H,59,71)(H,63,64)(H,73,74)(H4,50,51,52)/t26-,27-,29+,30+,31+,32+,33+,34+,36+,37+,38+/m1/s1. The molecule has 420 valence electrons. The van der Waals surface area contributed by atoms with Crippen molar-refractivity contribution in [2.45, 2.75) is 159 Å². The molecule has 11 atom stereocenters. The van der Waals surface area contributed by atoms with Crippen molar-refractivity contribution < 1.29 is 68.4 Å². The Morgan fingerprint density at radius 2 is 1.21 bits per heavy atom. The fraction of sp³-hybridized carbons (Fsp3) is 0.646. The predicted octanol–water partition coefficient (Wildman–Crippen LogP) is -3.23. The molecule has 0 radical (unpaired) electrons. The van der Waals surface area contributed by atoms with E-state index in [2.05, 4.69) is 42.2 Å². The summed E-state index contributed by atoms with van der Waals surface area (Å²) in [5.41, 5.74) is 17.7. The molecule has 0 spiro atoms. The number of rotatable bonds is 32. The molecule has 1 aliphatic heterocycles. The Morgan fingerprint density at radius 1 is 0.693 bits per heavy atom. The maximum atomic E-state index is 14.2. The highest BCUT2D eigenvalue weighted by molar-refractivity contribution is 7.98. The number of guanidine groups is 1. The minimum absolute atomic E-state index is 0.00828. The molecule has 2 rings (SSSR count). The van der Waals surface area contributed by atoms with Gasteiger partial charge in [0.15, 0.2) is 5.96 Å². The number of benzene rings is 1. The van der Waals surface area contributed by atoms with Crippen molar-refractivity contribution >= 4 is 76.9 Å². The van der Waals surface area contributed by atoms with Gasteiger partial charge in [0, 0.05) is 19.5 Å². The van der Waals surface area contributed by atoms with Crippen LogP contribution < -0.4 is 54.4 Å². The van der Waals surface area contributed by atoms with Crippen LogP contribution in [-0.2, 0) is 54.4 Å². The van der Waals surface area contributed by atoms with E-state index in [4.69, 9.17) is 17.2 Å². The number of carboxylic acid groups (broad SMARTS) is 2. The molecule has 1 aromatic carbocycles. The number of aliphatic hydroxyl groups is 2. The van der Waals surface area contributed by atoms with Crippen LogP contribution in [0.2, 0.25) is 0 Å². The van der Waals surface area contributed by atoms with Gasteiger partial charge in [-0.25, -0.2) is 4.79 Å². The highest BCUT2D eigenvalue weighted by atomic mass is 32.2. The number of aliphatic imine (C=N–C) groups is 1. The summed E-state index contributed by atoms with van der Waals surface area (Å²) in [7, 11) is 0. The number of nitrogens with two attached hydrogens (primary N) is 3. The van der Waals surface area contributed by atoms with Gasteiger partial charge in [0.2, 0.25) is 47.3 Å². The van der Waals surface area contributed by atoms with Gasteiger partial charge in [-0.05, 0) is 81.8 Å². The molecule has 1 heterocycles. The number of hydrogen-bond donors (Lipinski definition) is 14. The average Bonchev–Trinajstić information content (AvgIpc) is 3.82. The second-order valence-electron chi connectivity index (χ2n) is 19.2. The molecule has 17 N–H and O–H groups in total. The maximum absolute atomic E-state index is 14.2. The van der Waals surface area contributed by atoms with E-state index in [9.17, 15) is 68.4 Å². The molecule has 0 saturated carbocycles. The van der Waals surface area contributed by atoms with Crippen LogP contribution in [0.25, 0.3) is 0 Å². The SMILES string of the molecule is CSCC[C@H](NC(=O)[C@@H](NC(=O)[C@@H](NC(=O)[C@@H](NC(=O)[C@H](CCCN=C(N)N)NC(=O)[C@H](CC(=O)O)NC(=O)[C@H](Cc1ccccc1)NC(=O)[C@@H]1CCCN1C(=O)[C@@H](N)CC(C)C)[C@@H](C)O)[C@@H](C)O)C(C)C)C(=O)O. The van der Waals surface area contributed by atoms with E-state index in [-0.39, 0.29) is 57.1 Å². The molecule has 26 nitrogen and oxygen atoms in total. The lowest BCUT2D eigenvalue weighted by atomic mass is 10.0. The van der Waals surface area contributed by atoms with E-state index in [1.165, 1.54) is 16.7 Å². The Morgan fingerprint density at radius 3 is 1.73 bits per heavy atom. The van der Waals surface area contributed by atoms with Crippen LogP contribution in [0, 0.1) is 11.8 Å². The summed E-state index contributed by atoms with van der Waals surface area (Å²) in [6.07, 6.45) is -1.85. The summed E-state index contributed by atoms with van der Waals surface area (Å²) in [4.78, 5) is 139. The van der Waals surface area contributed by atoms with Crippen LogP contribution in [0.5, 0.6) is 0 Å². The third-order valence-electron chi connectivity index (χ3n) is 12.0. The van der Waals surface area contributed by atoms with Gasteiger partial charge in [-0.3, -0.25) is 48.1 Å². The topological polar surface area (TPSA) is 429 Å². The van der Waals surface area contributed by atoms with Gasteiger partial charge in [0.1, 0.15) is 48.3 Å². The maximum Gasteiger partial charge on any atom is 0.326 e. The number of carboxylic acids is 2.